The quantitative estimate of drug-likeness (QED) is 0.592. The molecule has 146 valence electrons. The molecule has 0 unspecified atom stereocenters. The molecule has 1 spiro atoms. The number of imidazole rings is 1. The van der Waals surface area contributed by atoms with Gasteiger partial charge in [0, 0.05) is 12.4 Å². The average Bonchev–Trinajstić information content (AvgIpc) is 3.22. The zero-order valence-corrected chi connectivity index (χ0v) is 15.0. The molecule has 0 atom stereocenters. The molecule has 4 rings (SSSR count). The number of hydrogen-bond acceptors (Lipinski definition) is 6. The molecular weight excluding hydrogens is 366 g/mol. The van der Waals surface area contributed by atoms with E-state index in [1.165, 1.54) is 6.20 Å². The zero-order chi connectivity index (χ0) is 19.7. The van der Waals surface area contributed by atoms with Gasteiger partial charge in [-0.25, -0.2) is 14.6 Å². The van der Waals surface area contributed by atoms with E-state index in [1.807, 2.05) is 0 Å². The van der Waals surface area contributed by atoms with E-state index in [1.54, 1.807) is 28.8 Å². The molecule has 0 aromatic carbocycles. The Morgan fingerprint density at radius 3 is 2.75 bits per heavy atom. The maximum atomic E-state index is 12.6. The summed E-state index contributed by atoms with van der Waals surface area (Å²) >= 11 is 0. The van der Waals surface area contributed by atoms with E-state index in [0.29, 0.717) is 23.5 Å². The van der Waals surface area contributed by atoms with Gasteiger partial charge in [0.05, 0.1) is 0 Å². The fourth-order valence-electron chi connectivity index (χ4n) is 3.61. The highest BCUT2D eigenvalue weighted by atomic mass is 16.5. The van der Waals surface area contributed by atoms with Gasteiger partial charge in [0.25, 0.3) is 11.8 Å². The van der Waals surface area contributed by atoms with Gasteiger partial charge in [0.1, 0.15) is 11.2 Å². The van der Waals surface area contributed by atoms with Gasteiger partial charge < -0.3 is 14.5 Å². The molecule has 1 aliphatic heterocycles. The number of fused-ring (bicyclic) bond motifs is 1. The van der Waals surface area contributed by atoms with Crippen LogP contribution < -0.4 is 10.7 Å². The van der Waals surface area contributed by atoms with E-state index in [-0.39, 0.29) is 5.69 Å². The van der Waals surface area contributed by atoms with Crippen LogP contribution in [0, 0.1) is 0 Å². The molecule has 3 heterocycles. The Kier molecular flexibility index (Phi) is 4.46. The lowest BCUT2D eigenvalue weighted by molar-refractivity contribution is -0.140. The van der Waals surface area contributed by atoms with Gasteiger partial charge in [-0.2, -0.15) is 5.01 Å². The number of nitrogens with zero attached hydrogens (tertiary/aromatic N) is 3. The van der Waals surface area contributed by atoms with Crippen molar-refractivity contribution in [1.29, 1.82) is 0 Å². The van der Waals surface area contributed by atoms with Crippen LogP contribution in [0.15, 0.2) is 30.6 Å². The molecule has 2 aliphatic rings. The van der Waals surface area contributed by atoms with Crippen LogP contribution in [0.1, 0.15) is 42.6 Å². The van der Waals surface area contributed by atoms with Crippen LogP contribution in [0.4, 0.5) is 4.79 Å². The number of esters is 1. The third-order valence-electron chi connectivity index (χ3n) is 5.01. The highest BCUT2D eigenvalue weighted by molar-refractivity contribution is 6.08. The van der Waals surface area contributed by atoms with Gasteiger partial charge in [0.15, 0.2) is 12.3 Å². The van der Waals surface area contributed by atoms with Gasteiger partial charge in [0.2, 0.25) is 0 Å². The molecule has 28 heavy (non-hydrogen) atoms. The van der Waals surface area contributed by atoms with Crippen LogP contribution in [0.3, 0.4) is 0 Å². The van der Waals surface area contributed by atoms with E-state index >= 15 is 0 Å². The number of urea groups is 1. The Balaban J connectivity index is 1.34. The first-order valence-corrected chi connectivity index (χ1v) is 9.06. The van der Waals surface area contributed by atoms with Crippen LogP contribution in [-0.2, 0) is 14.3 Å². The molecule has 2 aromatic heterocycles. The van der Waals surface area contributed by atoms with Crippen LogP contribution >= 0.6 is 0 Å². The van der Waals surface area contributed by atoms with Crippen molar-refractivity contribution >= 4 is 29.5 Å². The number of ether oxygens (including phenoxy) is 1. The molecule has 0 radical (unpaired) electrons. The van der Waals surface area contributed by atoms with Crippen LogP contribution in [0.2, 0.25) is 0 Å². The lowest BCUT2D eigenvalue weighted by Crippen LogP contribution is -2.51. The van der Waals surface area contributed by atoms with Crippen LogP contribution in [0.25, 0.3) is 5.65 Å². The molecule has 10 heteroatoms. The minimum absolute atomic E-state index is 0.0511. The van der Waals surface area contributed by atoms with Crippen molar-refractivity contribution in [3.05, 3.63) is 36.3 Å². The Morgan fingerprint density at radius 2 is 2.00 bits per heavy atom. The molecule has 4 amide bonds. The van der Waals surface area contributed by atoms with Gasteiger partial charge in [-0.15, -0.1) is 0 Å². The number of rotatable bonds is 4. The fraction of sp³-hybridized carbons (Fsp3) is 0.389. The molecular formula is C18H19N5O5. The molecule has 2 N–H and O–H groups in total. The molecule has 0 bridgehead atoms. The van der Waals surface area contributed by atoms with E-state index in [4.69, 9.17) is 4.74 Å². The molecule has 1 aliphatic carbocycles. The number of hydrazine groups is 1. The molecule has 10 nitrogen and oxygen atoms in total. The third-order valence-corrected chi connectivity index (χ3v) is 5.01. The molecule has 2 aromatic rings. The summed E-state index contributed by atoms with van der Waals surface area (Å²) < 4.78 is 6.59. The number of carbonyl (C=O) groups is 4. The SMILES string of the molecule is O=C(COC(=O)c1cn2ccccc2n1)NN1C(=O)NC2(CCCCC2)C1=O. The maximum Gasteiger partial charge on any atom is 0.359 e. The first-order chi connectivity index (χ1) is 13.5. The van der Waals surface area contributed by atoms with Crippen molar-refractivity contribution < 1.29 is 23.9 Å². The summed E-state index contributed by atoms with van der Waals surface area (Å²) in [5, 5.41) is 3.36. The van der Waals surface area contributed by atoms with Crippen molar-refractivity contribution in [2.45, 2.75) is 37.6 Å². The smallest absolute Gasteiger partial charge is 0.359 e. The second-order valence-electron chi connectivity index (χ2n) is 6.92. The number of imide groups is 1. The normalized spacial score (nSPS) is 18.4. The summed E-state index contributed by atoms with van der Waals surface area (Å²) in [4.78, 5) is 53.0. The number of aromatic nitrogens is 2. The van der Waals surface area contributed by atoms with Gasteiger partial charge in [-0.05, 0) is 25.0 Å². The standard InChI is InChI=1S/C18H19N5O5/c24-14(11-28-15(25)12-10-22-9-5-2-6-13(22)19-12)21-23-16(26)18(20-17(23)27)7-3-1-4-8-18/h2,5-6,9-10H,1,3-4,7-8,11H2,(H,20,27)(H,21,24). The maximum absolute atomic E-state index is 12.6. The fourth-order valence-corrected chi connectivity index (χ4v) is 3.61. The van der Waals surface area contributed by atoms with Gasteiger partial charge in [-0.1, -0.05) is 25.3 Å². The van der Waals surface area contributed by atoms with Gasteiger partial charge in [-0.3, -0.25) is 15.0 Å². The largest absolute Gasteiger partial charge is 0.451 e. The Labute approximate surface area is 159 Å². The predicted molar refractivity (Wildman–Crippen MR) is 94.8 cm³/mol. The minimum atomic E-state index is -0.935. The Bertz CT molecular complexity index is 929. The first-order valence-electron chi connectivity index (χ1n) is 9.06. The van der Waals surface area contributed by atoms with Crippen molar-refractivity contribution in [2.75, 3.05) is 6.61 Å². The summed E-state index contributed by atoms with van der Waals surface area (Å²) in [5.41, 5.74) is 1.90. The van der Waals surface area contributed by atoms with Crippen LogP contribution in [-0.4, -0.2) is 50.4 Å². The van der Waals surface area contributed by atoms with Crippen molar-refractivity contribution in [3.8, 4) is 0 Å². The summed E-state index contributed by atoms with van der Waals surface area (Å²) in [6.07, 6.45) is 7.00. The number of amides is 4. The molecule has 1 saturated heterocycles. The first kappa shape index (κ1) is 18.0. The predicted octanol–water partition coefficient (Wildman–Crippen LogP) is 0.777. The topological polar surface area (TPSA) is 122 Å². The number of hydrogen-bond donors (Lipinski definition) is 2. The summed E-state index contributed by atoms with van der Waals surface area (Å²) in [6, 6.07) is 4.62. The van der Waals surface area contributed by atoms with Crippen LogP contribution in [0.5, 0.6) is 0 Å². The summed E-state index contributed by atoms with van der Waals surface area (Å²) in [5.74, 6) is -2.04. The second kappa shape index (κ2) is 6.95. The van der Waals surface area contributed by atoms with Crippen molar-refractivity contribution in [1.82, 2.24) is 25.1 Å². The van der Waals surface area contributed by atoms with Gasteiger partial charge >= 0.3 is 12.0 Å². The summed E-state index contributed by atoms with van der Waals surface area (Å²) in [7, 11) is 0. The lowest BCUT2D eigenvalue weighted by Gasteiger charge is -2.30. The lowest BCUT2D eigenvalue weighted by atomic mass is 9.82. The molecule has 1 saturated carbocycles. The zero-order valence-electron chi connectivity index (χ0n) is 15.0. The third kappa shape index (κ3) is 3.17. The monoisotopic (exact) mass is 385 g/mol. The minimum Gasteiger partial charge on any atom is -0.451 e. The molecule has 2 fully saturated rings. The van der Waals surface area contributed by atoms with Crippen molar-refractivity contribution in [2.24, 2.45) is 0 Å². The van der Waals surface area contributed by atoms with E-state index in [0.717, 1.165) is 19.3 Å². The highest BCUT2D eigenvalue weighted by Gasteiger charge is 2.52. The van der Waals surface area contributed by atoms with E-state index < -0.39 is 36.0 Å². The Hall–Kier alpha value is -3.43. The van der Waals surface area contributed by atoms with E-state index in [9.17, 15) is 19.2 Å². The van der Waals surface area contributed by atoms with Crippen molar-refractivity contribution in [3.63, 3.8) is 0 Å². The summed E-state index contributed by atoms with van der Waals surface area (Å²) in [6.45, 7) is -0.642. The van der Waals surface area contributed by atoms with E-state index in [2.05, 4.69) is 15.7 Å². The number of nitrogens with one attached hydrogen (secondary N) is 2. The average molecular weight is 385 g/mol. The Morgan fingerprint density at radius 1 is 1.21 bits per heavy atom. The second-order valence-corrected chi connectivity index (χ2v) is 6.92. The number of pyridine rings is 1. The highest BCUT2D eigenvalue weighted by Crippen LogP contribution is 2.32. The number of carbonyl (C=O) groups excluding carboxylic acids is 4.